The molecular formula is C47H41N3. The molecule has 3 heteroatoms. The second-order valence-corrected chi connectivity index (χ2v) is 15.8. The summed E-state index contributed by atoms with van der Waals surface area (Å²) in [6.07, 6.45) is 20.8. The molecular weight excluding hydrogens is 607 g/mol. The molecule has 2 bridgehead atoms. The third kappa shape index (κ3) is 3.71. The van der Waals surface area contributed by atoms with Crippen molar-refractivity contribution >= 4 is 49.3 Å². The topological polar surface area (TPSA) is 14.8 Å². The number of hydrogen-bond donors (Lipinski definition) is 0. The monoisotopic (exact) mass is 647 g/mol. The first kappa shape index (κ1) is 27.8. The molecule has 1 fully saturated rings. The number of fused-ring (bicyclic) bond motifs is 14. The molecule has 5 aliphatic rings. The molecule has 0 radical (unpaired) electrons. The Bertz CT molecular complexity index is 2610. The zero-order chi connectivity index (χ0) is 32.5. The van der Waals surface area contributed by atoms with Gasteiger partial charge in [0.15, 0.2) is 0 Å². The molecule has 7 aromatic rings. The van der Waals surface area contributed by atoms with Crippen LogP contribution < -0.4 is 0 Å². The lowest BCUT2D eigenvalue weighted by atomic mass is 9.83. The molecule has 3 heterocycles. The SMILES string of the molecule is C1=CC2CC(n3c4c(c5cc(-n6c7ccccc7c7ccccc76)ccc53)CC(n3c5c(c6ccccc63)C3CCC5C3)CC4)=CC=C2CC1. The number of hydrogen-bond acceptors (Lipinski definition) is 0. The number of aromatic nitrogens is 3. The molecule has 0 aliphatic heterocycles. The third-order valence-corrected chi connectivity index (χ3v) is 13.4. The summed E-state index contributed by atoms with van der Waals surface area (Å²) in [6, 6.07) is 35.1. The first-order valence-electron chi connectivity index (χ1n) is 19.1. The zero-order valence-electron chi connectivity index (χ0n) is 28.5. The minimum atomic E-state index is 0.486. The van der Waals surface area contributed by atoms with Crippen molar-refractivity contribution in [3.05, 3.63) is 143 Å². The number of rotatable bonds is 3. The molecule has 244 valence electrons. The van der Waals surface area contributed by atoms with Crippen molar-refractivity contribution in [3.63, 3.8) is 0 Å². The Morgan fingerprint density at radius 2 is 1.34 bits per heavy atom. The highest BCUT2D eigenvalue weighted by molar-refractivity contribution is 6.09. The second-order valence-electron chi connectivity index (χ2n) is 15.8. The van der Waals surface area contributed by atoms with E-state index in [1.165, 1.54) is 93.5 Å². The van der Waals surface area contributed by atoms with Crippen LogP contribution >= 0.6 is 0 Å². The van der Waals surface area contributed by atoms with Gasteiger partial charge in [-0.05, 0) is 117 Å². The summed E-state index contributed by atoms with van der Waals surface area (Å²) in [5.74, 6) is 2.04. The van der Waals surface area contributed by atoms with Crippen LogP contribution in [-0.4, -0.2) is 13.7 Å². The number of para-hydroxylation sites is 3. The summed E-state index contributed by atoms with van der Waals surface area (Å²) in [5.41, 5.74) is 16.3. The minimum Gasteiger partial charge on any atom is -0.341 e. The summed E-state index contributed by atoms with van der Waals surface area (Å²) < 4.78 is 8.06. The molecule has 0 saturated heterocycles. The van der Waals surface area contributed by atoms with E-state index in [1.807, 2.05) is 0 Å². The maximum atomic E-state index is 2.86. The molecule has 12 rings (SSSR count). The summed E-state index contributed by atoms with van der Waals surface area (Å²) in [4.78, 5) is 0. The van der Waals surface area contributed by atoms with Crippen molar-refractivity contribution in [3.8, 4) is 5.69 Å². The van der Waals surface area contributed by atoms with E-state index in [2.05, 4.69) is 129 Å². The van der Waals surface area contributed by atoms with Crippen molar-refractivity contribution in [1.82, 2.24) is 13.7 Å². The Kier molecular flexibility index (Phi) is 5.70. The van der Waals surface area contributed by atoms with E-state index >= 15 is 0 Å². The smallest absolute Gasteiger partial charge is 0.0541 e. The molecule has 50 heavy (non-hydrogen) atoms. The van der Waals surface area contributed by atoms with Gasteiger partial charge in [-0.1, -0.05) is 78.4 Å². The van der Waals surface area contributed by atoms with Crippen LogP contribution in [0.25, 0.3) is 55.0 Å². The van der Waals surface area contributed by atoms with Gasteiger partial charge in [-0.15, -0.1) is 0 Å². The molecule has 0 N–H and O–H groups in total. The Balaban J connectivity index is 1.07. The van der Waals surface area contributed by atoms with Gasteiger partial charge in [0.2, 0.25) is 0 Å². The lowest BCUT2D eigenvalue weighted by Crippen LogP contribution is -2.22. The third-order valence-electron chi connectivity index (χ3n) is 13.4. The normalized spacial score (nSPS) is 23.8. The van der Waals surface area contributed by atoms with Crippen LogP contribution in [0.4, 0.5) is 0 Å². The average Bonchev–Trinajstić information content (AvgIpc) is 3.99. The largest absolute Gasteiger partial charge is 0.341 e. The fraction of sp³-hybridized carbons (Fsp3) is 0.277. The van der Waals surface area contributed by atoms with Crippen LogP contribution in [0.2, 0.25) is 0 Å². The molecule has 4 atom stereocenters. The van der Waals surface area contributed by atoms with Crippen LogP contribution in [0, 0.1) is 5.92 Å². The first-order chi connectivity index (χ1) is 24.8. The Morgan fingerprint density at radius 3 is 2.18 bits per heavy atom. The summed E-state index contributed by atoms with van der Waals surface area (Å²) in [5, 5.41) is 5.61. The Morgan fingerprint density at radius 1 is 0.600 bits per heavy atom. The van der Waals surface area contributed by atoms with E-state index in [-0.39, 0.29) is 0 Å². The van der Waals surface area contributed by atoms with E-state index in [1.54, 1.807) is 28.1 Å². The highest BCUT2D eigenvalue weighted by Gasteiger charge is 2.43. The van der Waals surface area contributed by atoms with Crippen LogP contribution in [0.3, 0.4) is 0 Å². The van der Waals surface area contributed by atoms with Crippen molar-refractivity contribution < 1.29 is 0 Å². The fourth-order valence-electron chi connectivity index (χ4n) is 11.3. The van der Waals surface area contributed by atoms with Gasteiger partial charge in [-0.25, -0.2) is 0 Å². The van der Waals surface area contributed by atoms with Gasteiger partial charge in [0, 0.05) is 67.7 Å². The molecule has 3 aromatic heterocycles. The van der Waals surface area contributed by atoms with Gasteiger partial charge in [0.05, 0.1) is 16.6 Å². The van der Waals surface area contributed by atoms with Gasteiger partial charge in [0.1, 0.15) is 0 Å². The van der Waals surface area contributed by atoms with Crippen LogP contribution in [0.1, 0.15) is 85.3 Å². The standard InChI is InChI=1S/C47H41N3/c1-2-10-30-26-33(20-19-29(30)9-1)48-44-23-21-34(49-41-14-6-3-11-36(41)37-12-4-7-15-42(37)49)27-39(44)40-28-35(22-24-45(40)48)50-43-16-8-5-13-38(43)46-31-17-18-32(25-31)47(46)50/h2-8,10-16,19-21,23,27,30-32,35H,1,9,17-18,22,24-26,28H2. The fourth-order valence-corrected chi connectivity index (χ4v) is 11.3. The van der Waals surface area contributed by atoms with E-state index in [0.29, 0.717) is 12.0 Å². The quantitative estimate of drug-likeness (QED) is 0.170. The Hall–Kier alpha value is -5.02. The number of allylic oxidation sites excluding steroid dienone is 6. The van der Waals surface area contributed by atoms with E-state index in [9.17, 15) is 0 Å². The van der Waals surface area contributed by atoms with E-state index < -0.39 is 0 Å². The van der Waals surface area contributed by atoms with Crippen LogP contribution in [0.15, 0.2) is 121 Å². The number of nitrogens with zero attached hydrogens (tertiary/aromatic N) is 3. The molecule has 4 aromatic carbocycles. The van der Waals surface area contributed by atoms with E-state index in [0.717, 1.165) is 31.1 Å². The van der Waals surface area contributed by atoms with Gasteiger partial charge < -0.3 is 13.7 Å². The van der Waals surface area contributed by atoms with Crippen LogP contribution in [-0.2, 0) is 12.8 Å². The van der Waals surface area contributed by atoms with Gasteiger partial charge >= 0.3 is 0 Å². The van der Waals surface area contributed by atoms with Gasteiger partial charge in [-0.2, -0.15) is 0 Å². The highest BCUT2D eigenvalue weighted by Crippen LogP contribution is 2.57. The van der Waals surface area contributed by atoms with Crippen molar-refractivity contribution in [2.75, 3.05) is 0 Å². The minimum absolute atomic E-state index is 0.486. The van der Waals surface area contributed by atoms with E-state index in [4.69, 9.17) is 0 Å². The van der Waals surface area contributed by atoms with Crippen molar-refractivity contribution in [1.29, 1.82) is 0 Å². The first-order valence-corrected chi connectivity index (χ1v) is 19.1. The van der Waals surface area contributed by atoms with Crippen molar-refractivity contribution in [2.24, 2.45) is 5.92 Å². The molecule has 3 nitrogen and oxygen atoms in total. The summed E-state index contributed by atoms with van der Waals surface area (Å²) >= 11 is 0. The molecule has 0 spiro atoms. The average molecular weight is 648 g/mol. The molecule has 5 aliphatic carbocycles. The predicted molar refractivity (Wildman–Crippen MR) is 207 cm³/mol. The lowest BCUT2D eigenvalue weighted by molar-refractivity contribution is 0.430. The number of benzene rings is 4. The van der Waals surface area contributed by atoms with Gasteiger partial charge in [-0.3, -0.25) is 0 Å². The second kappa shape index (κ2) is 10.3. The maximum Gasteiger partial charge on any atom is 0.0541 e. The lowest BCUT2D eigenvalue weighted by Gasteiger charge is -2.31. The summed E-state index contributed by atoms with van der Waals surface area (Å²) in [6.45, 7) is 0. The van der Waals surface area contributed by atoms with Crippen LogP contribution in [0.5, 0.6) is 0 Å². The van der Waals surface area contributed by atoms with Crippen molar-refractivity contribution in [2.45, 2.75) is 75.7 Å². The molecule has 0 amide bonds. The predicted octanol–water partition coefficient (Wildman–Crippen LogP) is 11.9. The highest BCUT2D eigenvalue weighted by atomic mass is 15.1. The molecule has 1 saturated carbocycles. The zero-order valence-corrected chi connectivity index (χ0v) is 28.5. The Labute approximate surface area is 292 Å². The summed E-state index contributed by atoms with van der Waals surface area (Å²) in [7, 11) is 0. The van der Waals surface area contributed by atoms with Gasteiger partial charge in [0.25, 0.3) is 0 Å². The molecule has 4 unspecified atom stereocenters. The maximum absolute atomic E-state index is 2.86.